The molecule has 2 N–H and O–H groups in total. The number of rotatable bonds is 1. The van der Waals surface area contributed by atoms with Gasteiger partial charge in [0.1, 0.15) is 5.82 Å². The summed E-state index contributed by atoms with van der Waals surface area (Å²) in [6, 6.07) is 2.56. The minimum Gasteiger partial charge on any atom is -0.382 e. The Morgan fingerprint density at radius 3 is 2.73 bits per heavy atom. The molecule has 0 amide bonds. The molecule has 1 aliphatic carbocycles. The largest absolute Gasteiger partial charge is 0.382 e. The van der Waals surface area contributed by atoms with Crippen LogP contribution in [0.25, 0.3) is 0 Å². The van der Waals surface area contributed by atoms with Gasteiger partial charge in [0.2, 0.25) is 0 Å². The predicted molar refractivity (Wildman–Crippen MR) is 44.3 cm³/mol. The van der Waals surface area contributed by atoms with Gasteiger partial charge in [-0.25, -0.2) is 0 Å². The molecule has 1 heterocycles. The molecule has 0 saturated heterocycles. The van der Waals surface area contributed by atoms with Crippen molar-refractivity contribution in [2.45, 2.75) is 32.2 Å². The second-order valence-corrected chi connectivity index (χ2v) is 3.24. The number of anilines is 1. The summed E-state index contributed by atoms with van der Waals surface area (Å²) in [5.74, 6) is 0.648. The lowest BCUT2D eigenvalue weighted by Gasteiger charge is -2.26. The van der Waals surface area contributed by atoms with Crippen LogP contribution in [-0.4, -0.2) is 9.78 Å². The van der Waals surface area contributed by atoms with Gasteiger partial charge in [-0.2, -0.15) is 5.10 Å². The Hall–Kier alpha value is -0.990. The quantitative estimate of drug-likeness (QED) is 0.661. The average molecular weight is 151 g/mol. The van der Waals surface area contributed by atoms with E-state index in [0.29, 0.717) is 11.9 Å². The number of aromatic nitrogens is 2. The maximum absolute atomic E-state index is 5.56. The summed E-state index contributed by atoms with van der Waals surface area (Å²) in [7, 11) is 0. The summed E-state index contributed by atoms with van der Waals surface area (Å²) in [6.07, 6.45) is 3.87. The molecular weight excluding hydrogens is 138 g/mol. The summed E-state index contributed by atoms with van der Waals surface area (Å²) in [5, 5.41) is 4.23. The van der Waals surface area contributed by atoms with Crippen molar-refractivity contribution in [3.63, 3.8) is 0 Å². The summed E-state index contributed by atoms with van der Waals surface area (Å²) in [4.78, 5) is 0. The Morgan fingerprint density at radius 2 is 2.36 bits per heavy atom. The average Bonchev–Trinajstić information content (AvgIpc) is 2.07. The number of aryl methyl sites for hydroxylation is 1. The van der Waals surface area contributed by atoms with E-state index < -0.39 is 0 Å². The third-order valence-electron chi connectivity index (χ3n) is 2.36. The Balaban J connectivity index is 2.28. The van der Waals surface area contributed by atoms with E-state index in [0.717, 1.165) is 0 Å². The van der Waals surface area contributed by atoms with Crippen LogP contribution in [0.4, 0.5) is 5.82 Å². The Labute approximate surface area is 66.2 Å². The smallest absolute Gasteiger partial charge is 0.145 e. The molecule has 0 aromatic carbocycles. The van der Waals surface area contributed by atoms with Gasteiger partial charge in [-0.15, -0.1) is 0 Å². The van der Waals surface area contributed by atoms with Crippen LogP contribution in [-0.2, 0) is 0 Å². The first-order valence-electron chi connectivity index (χ1n) is 4.09. The fraction of sp³-hybridized carbons (Fsp3) is 0.625. The van der Waals surface area contributed by atoms with Crippen molar-refractivity contribution < 1.29 is 0 Å². The molecule has 1 fully saturated rings. The van der Waals surface area contributed by atoms with Crippen LogP contribution in [0, 0.1) is 6.92 Å². The molecule has 60 valence electrons. The van der Waals surface area contributed by atoms with Crippen LogP contribution in [0.15, 0.2) is 6.07 Å². The Morgan fingerprint density at radius 1 is 1.64 bits per heavy atom. The zero-order valence-electron chi connectivity index (χ0n) is 6.75. The molecule has 0 radical (unpaired) electrons. The van der Waals surface area contributed by atoms with Crippen LogP contribution in [0.3, 0.4) is 0 Å². The number of hydrogen-bond acceptors (Lipinski definition) is 2. The second-order valence-electron chi connectivity index (χ2n) is 3.24. The summed E-state index contributed by atoms with van der Waals surface area (Å²) in [5.41, 5.74) is 6.75. The van der Waals surface area contributed by atoms with E-state index >= 15 is 0 Å². The van der Waals surface area contributed by atoms with Crippen molar-refractivity contribution in [2.24, 2.45) is 0 Å². The summed E-state index contributed by atoms with van der Waals surface area (Å²) in [6.45, 7) is 2.06. The maximum Gasteiger partial charge on any atom is 0.145 e. The van der Waals surface area contributed by atoms with E-state index in [9.17, 15) is 0 Å². The van der Waals surface area contributed by atoms with E-state index in [1.165, 1.54) is 25.0 Å². The molecule has 0 aliphatic heterocycles. The van der Waals surface area contributed by atoms with E-state index in [1.807, 2.05) is 6.07 Å². The molecule has 0 bridgehead atoms. The van der Waals surface area contributed by atoms with Gasteiger partial charge >= 0.3 is 0 Å². The first-order chi connectivity index (χ1) is 5.27. The molecule has 1 aromatic heterocycles. The molecule has 0 unspecified atom stereocenters. The molecular formula is C8H13N3. The lowest BCUT2D eigenvalue weighted by molar-refractivity contribution is 0.285. The highest BCUT2D eigenvalue weighted by atomic mass is 15.3. The lowest BCUT2D eigenvalue weighted by atomic mass is 9.93. The number of hydrogen-bond donors (Lipinski definition) is 1. The second kappa shape index (κ2) is 2.26. The van der Waals surface area contributed by atoms with Gasteiger partial charge < -0.3 is 5.73 Å². The normalized spacial score (nSPS) is 18.3. The Kier molecular flexibility index (Phi) is 1.37. The van der Waals surface area contributed by atoms with Gasteiger partial charge in [0.25, 0.3) is 0 Å². The summed E-state index contributed by atoms with van der Waals surface area (Å²) >= 11 is 0. The lowest BCUT2D eigenvalue weighted by Crippen LogP contribution is -2.19. The molecule has 0 spiro atoms. The van der Waals surface area contributed by atoms with Crippen molar-refractivity contribution in [3.05, 3.63) is 11.8 Å². The molecule has 2 rings (SSSR count). The highest BCUT2D eigenvalue weighted by Gasteiger charge is 2.21. The first kappa shape index (κ1) is 6.70. The minimum atomic E-state index is 0.632. The fourth-order valence-corrected chi connectivity index (χ4v) is 1.51. The monoisotopic (exact) mass is 151 g/mol. The van der Waals surface area contributed by atoms with Gasteiger partial charge in [0.05, 0.1) is 6.04 Å². The van der Waals surface area contributed by atoms with Crippen molar-refractivity contribution in [1.82, 2.24) is 9.78 Å². The molecule has 1 aromatic rings. The number of nitrogens with two attached hydrogens (primary N) is 1. The highest BCUT2D eigenvalue weighted by Crippen LogP contribution is 2.32. The standard InChI is InChI=1S/C8H13N3/c1-6-5-8(9)10-11(6)7-3-2-4-7/h5,7H,2-4H2,1H3,(H2,9,10). The van der Waals surface area contributed by atoms with E-state index in [2.05, 4.69) is 16.7 Å². The molecule has 3 heteroatoms. The first-order valence-corrected chi connectivity index (χ1v) is 4.09. The molecule has 1 aliphatic rings. The zero-order chi connectivity index (χ0) is 7.84. The maximum atomic E-state index is 5.56. The van der Waals surface area contributed by atoms with Crippen LogP contribution >= 0.6 is 0 Å². The molecule has 0 atom stereocenters. The van der Waals surface area contributed by atoms with E-state index in [-0.39, 0.29) is 0 Å². The van der Waals surface area contributed by atoms with Gasteiger partial charge in [-0.1, -0.05) is 0 Å². The molecule has 11 heavy (non-hydrogen) atoms. The Bertz CT molecular complexity index is 260. The fourth-order valence-electron chi connectivity index (χ4n) is 1.51. The van der Waals surface area contributed by atoms with Crippen molar-refractivity contribution in [3.8, 4) is 0 Å². The van der Waals surface area contributed by atoms with Crippen LogP contribution < -0.4 is 5.73 Å². The van der Waals surface area contributed by atoms with Gasteiger partial charge in [-0.3, -0.25) is 4.68 Å². The van der Waals surface area contributed by atoms with Crippen LogP contribution in [0.5, 0.6) is 0 Å². The number of nitrogens with zero attached hydrogens (tertiary/aromatic N) is 2. The zero-order valence-corrected chi connectivity index (χ0v) is 6.75. The van der Waals surface area contributed by atoms with Crippen molar-refractivity contribution in [2.75, 3.05) is 5.73 Å². The predicted octanol–water partition coefficient (Wildman–Crippen LogP) is 1.50. The van der Waals surface area contributed by atoms with E-state index in [1.54, 1.807) is 0 Å². The highest BCUT2D eigenvalue weighted by molar-refractivity contribution is 5.29. The topological polar surface area (TPSA) is 43.8 Å². The van der Waals surface area contributed by atoms with Gasteiger partial charge in [-0.05, 0) is 26.2 Å². The van der Waals surface area contributed by atoms with Crippen LogP contribution in [0.2, 0.25) is 0 Å². The summed E-state index contributed by atoms with van der Waals surface area (Å²) < 4.78 is 2.05. The molecule has 1 saturated carbocycles. The SMILES string of the molecule is Cc1cc(N)nn1C1CCC1. The van der Waals surface area contributed by atoms with E-state index in [4.69, 9.17) is 5.73 Å². The van der Waals surface area contributed by atoms with Gasteiger partial charge in [0.15, 0.2) is 0 Å². The van der Waals surface area contributed by atoms with Gasteiger partial charge in [0, 0.05) is 11.8 Å². The third-order valence-corrected chi connectivity index (χ3v) is 2.36. The van der Waals surface area contributed by atoms with Crippen LogP contribution in [0.1, 0.15) is 31.0 Å². The number of nitrogen functional groups attached to an aromatic ring is 1. The van der Waals surface area contributed by atoms with Crippen molar-refractivity contribution in [1.29, 1.82) is 0 Å². The third kappa shape index (κ3) is 1.00. The molecule has 3 nitrogen and oxygen atoms in total. The minimum absolute atomic E-state index is 0.632. The van der Waals surface area contributed by atoms with Crippen molar-refractivity contribution >= 4 is 5.82 Å².